The Kier molecular flexibility index (Phi) is 3.16. The van der Waals surface area contributed by atoms with E-state index in [4.69, 9.17) is 0 Å². The minimum atomic E-state index is 0.547. The average molecular weight is 308 g/mol. The van der Waals surface area contributed by atoms with Crippen LogP contribution in [0.25, 0.3) is 21.5 Å². The molecule has 0 saturated heterocycles. The number of benzene rings is 4. The minimum Gasteiger partial charge on any atom is -0.0622 e. The van der Waals surface area contributed by atoms with Gasteiger partial charge in [-0.2, -0.15) is 0 Å². The molecule has 1 aliphatic carbocycles. The molecule has 0 heterocycles. The van der Waals surface area contributed by atoms with Crippen LogP contribution < -0.4 is 0 Å². The molecule has 5 rings (SSSR count). The number of fused-ring (bicyclic) bond motifs is 5. The molecule has 4 aromatic rings. The van der Waals surface area contributed by atoms with Gasteiger partial charge in [-0.15, -0.1) is 0 Å². The topological polar surface area (TPSA) is 0 Å². The molecule has 0 fully saturated rings. The molecule has 4 aromatic carbocycles. The fraction of sp³-hybridized carbons (Fsp3) is 0.167. The van der Waals surface area contributed by atoms with Gasteiger partial charge in [-0.05, 0) is 57.5 Å². The predicted molar refractivity (Wildman–Crippen MR) is 103 cm³/mol. The van der Waals surface area contributed by atoms with Gasteiger partial charge in [0.15, 0.2) is 0 Å². The Morgan fingerprint density at radius 2 is 1.42 bits per heavy atom. The van der Waals surface area contributed by atoms with Crippen LogP contribution in [0.3, 0.4) is 0 Å². The summed E-state index contributed by atoms with van der Waals surface area (Å²) in [5.41, 5.74) is 4.56. The van der Waals surface area contributed by atoms with Crippen LogP contribution in [0.15, 0.2) is 78.9 Å². The third-order valence-corrected chi connectivity index (χ3v) is 5.57. The van der Waals surface area contributed by atoms with Gasteiger partial charge in [0, 0.05) is 5.92 Å². The van der Waals surface area contributed by atoms with Gasteiger partial charge < -0.3 is 0 Å². The van der Waals surface area contributed by atoms with E-state index in [0.29, 0.717) is 5.92 Å². The summed E-state index contributed by atoms with van der Waals surface area (Å²) in [4.78, 5) is 0. The first-order valence-corrected chi connectivity index (χ1v) is 8.90. The van der Waals surface area contributed by atoms with Gasteiger partial charge in [0.05, 0.1) is 0 Å². The fourth-order valence-electron chi connectivity index (χ4n) is 4.44. The molecule has 0 aromatic heterocycles. The number of hydrogen-bond acceptors (Lipinski definition) is 0. The Labute approximate surface area is 142 Å². The van der Waals surface area contributed by atoms with Crippen LogP contribution in [0.5, 0.6) is 0 Å². The van der Waals surface area contributed by atoms with Gasteiger partial charge in [0.25, 0.3) is 0 Å². The van der Waals surface area contributed by atoms with Gasteiger partial charge in [0.2, 0.25) is 0 Å². The Morgan fingerprint density at radius 3 is 2.33 bits per heavy atom. The second-order valence-electron chi connectivity index (χ2n) is 6.87. The van der Waals surface area contributed by atoms with Crippen LogP contribution in [-0.4, -0.2) is 0 Å². The first-order valence-electron chi connectivity index (χ1n) is 8.90. The maximum atomic E-state index is 2.39. The summed E-state index contributed by atoms with van der Waals surface area (Å²) in [6, 6.07) is 29.1. The van der Waals surface area contributed by atoms with Crippen molar-refractivity contribution in [3.05, 3.63) is 95.6 Å². The highest BCUT2D eigenvalue weighted by atomic mass is 14.3. The Morgan fingerprint density at radius 1 is 0.625 bits per heavy atom. The van der Waals surface area contributed by atoms with E-state index in [9.17, 15) is 0 Å². The highest BCUT2D eigenvalue weighted by Gasteiger charge is 2.23. The lowest BCUT2D eigenvalue weighted by atomic mass is 9.77. The minimum absolute atomic E-state index is 0.547. The molecule has 0 unspecified atom stereocenters. The lowest BCUT2D eigenvalue weighted by Crippen LogP contribution is -2.11. The molecule has 0 heteroatoms. The molecule has 0 amide bonds. The molecule has 0 spiro atoms. The van der Waals surface area contributed by atoms with E-state index in [1.807, 2.05) is 0 Å². The molecule has 0 radical (unpaired) electrons. The second kappa shape index (κ2) is 5.49. The summed E-state index contributed by atoms with van der Waals surface area (Å²) in [6.45, 7) is 0. The van der Waals surface area contributed by atoms with Crippen LogP contribution in [0.1, 0.15) is 35.4 Å². The molecule has 0 aliphatic heterocycles. The third kappa shape index (κ3) is 2.06. The summed E-state index contributed by atoms with van der Waals surface area (Å²) in [6.07, 6.45) is 3.74. The van der Waals surface area contributed by atoms with Crippen LogP contribution in [0.2, 0.25) is 0 Å². The largest absolute Gasteiger partial charge is 0.0622 e. The van der Waals surface area contributed by atoms with E-state index in [1.165, 1.54) is 51.9 Å². The molecule has 116 valence electrons. The number of rotatable bonds is 1. The quantitative estimate of drug-likeness (QED) is 0.354. The Bertz CT molecular complexity index is 1030. The molecule has 0 N–H and O–H groups in total. The third-order valence-electron chi connectivity index (χ3n) is 5.57. The van der Waals surface area contributed by atoms with Crippen molar-refractivity contribution in [2.45, 2.75) is 25.2 Å². The molecule has 24 heavy (non-hydrogen) atoms. The molecular formula is C24H20. The van der Waals surface area contributed by atoms with Crippen molar-refractivity contribution in [2.75, 3.05) is 0 Å². The van der Waals surface area contributed by atoms with Gasteiger partial charge >= 0.3 is 0 Å². The number of aryl methyl sites for hydroxylation is 1. The Balaban J connectivity index is 1.77. The monoisotopic (exact) mass is 308 g/mol. The summed E-state index contributed by atoms with van der Waals surface area (Å²) in [5, 5.41) is 5.56. The zero-order chi connectivity index (χ0) is 15.9. The Hall–Kier alpha value is -2.60. The zero-order valence-corrected chi connectivity index (χ0v) is 13.7. The van der Waals surface area contributed by atoms with Crippen LogP contribution >= 0.6 is 0 Å². The number of hydrogen-bond donors (Lipinski definition) is 0. The standard InChI is InChI=1S/C24H20/c1-2-7-17(8-3-1)20-11-6-12-21-22(20)15-16-23-19-10-5-4-9-18(19)13-14-24(21)23/h1-5,7-10,13-16,20H,6,11-12H2/t20-/m1/s1. The normalized spacial score (nSPS) is 17.1. The SMILES string of the molecule is c1ccc([C@H]2CCCc3c2ccc2c3ccc3ccccc32)cc1. The highest BCUT2D eigenvalue weighted by Crippen LogP contribution is 2.41. The first kappa shape index (κ1) is 13.8. The van der Waals surface area contributed by atoms with Gasteiger partial charge in [-0.1, -0.05) is 78.9 Å². The lowest BCUT2D eigenvalue weighted by molar-refractivity contribution is 0.619. The fourth-order valence-corrected chi connectivity index (χ4v) is 4.44. The van der Waals surface area contributed by atoms with E-state index in [1.54, 1.807) is 5.56 Å². The zero-order valence-electron chi connectivity index (χ0n) is 13.7. The maximum Gasteiger partial charge on any atom is 0.00924 e. The van der Waals surface area contributed by atoms with E-state index >= 15 is 0 Å². The smallest absolute Gasteiger partial charge is 0.00924 e. The molecule has 0 bridgehead atoms. The van der Waals surface area contributed by atoms with E-state index < -0.39 is 0 Å². The van der Waals surface area contributed by atoms with Crippen molar-refractivity contribution in [1.29, 1.82) is 0 Å². The molecule has 1 aliphatic rings. The summed E-state index contributed by atoms with van der Waals surface area (Å²) in [5.74, 6) is 0.547. The summed E-state index contributed by atoms with van der Waals surface area (Å²) in [7, 11) is 0. The van der Waals surface area contributed by atoms with Gasteiger partial charge in [-0.3, -0.25) is 0 Å². The average Bonchev–Trinajstić information content (AvgIpc) is 2.67. The van der Waals surface area contributed by atoms with Crippen molar-refractivity contribution in [3.8, 4) is 0 Å². The van der Waals surface area contributed by atoms with Crippen molar-refractivity contribution in [3.63, 3.8) is 0 Å². The van der Waals surface area contributed by atoms with Crippen LogP contribution in [-0.2, 0) is 6.42 Å². The van der Waals surface area contributed by atoms with Crippen molar-refractivity contribution in [1.82, 2.24) is 0 Å². The maximum absolute atomic E-state index is 2.39. The summed E-state index contributed by atoms with van der Waals surface area (Å²) < 4.78 is 0. The molecule has 0 saturated carbocycles. The van der Waals surface area contributed by atoms with Gasteiger partial charge in [-0.25, -0.2) is 0 Å². The van der Waals surface area contributed by atoms with Crippen LogP contribution in [0.4, 0.5) is 0 Å². The predicted octanol–water partition coefficient (Wildman–Crippen LogP) is 6.46. The lowest BCUT2D eigenvalue weighted by Gasteiger charge is -2.27. The molecule has 1 atom stereocenters. The van der Waals surface area contributed by atoms with Crippen LogP contribution in [0, 0.1) is 0 Å². The highest BCUT2D eigenvalue weighted by molar-refractivity contribution is 6.08. The first-order chi connectivity index (χ1) is 11.9. The van der Waals surface area contributed by atoms with E-state index in [0.717, 1.165) is 0 Å². The molecule has 0 nitrogen and oxygen atoms in total. The van der Waals surface area contributed by atoms with Gasteiger partial charge in [0.1, 0.15) is 0 Å². The summed E-state index contributed by atoms with van der Waals surface area (Å²) >= 11 is 0. The molecular weight excluding hydrogens is 288 g/mol. The second-order valence-corrected chi connectivity index (χ2v) is 6.87. The van der Waals surface area contributed by atoms with Crippen molar-refractivity contribution >= 4 is 21.5 Å². The van der Waals surface area contributed by atoms with E-state index in [2.05, 4.69) is 78.9 Å². The van der Waals surface area contributed by atoms with E-state index in [-0.39, 0.29) is 0 Å². The van der Waals surface area contributed by atoms with Crippen molar-refractivity contribution < 1.29 is 0 Å². The van der Waals surface area contributed by atoms with Crippen molar-refractivity contribution in [2.24, 2.45) is 0 Å².